The third-order valence-electron chi connectivity index (χ3n) is 3.26. The van der Waals surface area contributed by atoms with Gasteiger partial charge in [-0.3, -0.25) is 4.79 Å². The van der Waals surface area contributed by atoms with E-state index in [-0.39, 0.29) is 12.5 Å². The number of nitrogens with zero attached hydrogens (tertiary/aromatic N) is 1. The normalized spacial score (nSPS) is 11.8. The van der Waals surface area contributed by atoms with Gasteiger partial charge in [0.25, 0.3) is 0 Å². The maximum absolute atomic E-state index is 11.0. The molecule has 0 aliphatic heterocycles. The molecule has 0 saturated carbocycles. The SMILES string of the molecule is CC(=O)Nc1nc(CC(C)Cc2ccc(OCC(=O)O)cc2)cs1. The monoisotopic (exact) mass is 348 g/mol. The van der Waals surface area contributed by atoms with Gasteiger partial charge in [-0.2, -0.15) is 0 Å². The van der Waals surface area contributed by atoms with Crippen molar-refractivity contribution >= 4 is 28.3 Å². The van der Waals surface area contributed by atoms with E-state index in [0.717, 1.165) is 24.1 Å². The minimum atomic E-state index is -0.991. The number of aromatic nitrogens is 1. The van der Waals surface area contributed by atoms with Crippen molar-refractivity contribution in [1.82, 2.24) is 4.98 Å². The number of benzene rings is 1. The Morgan fingerprint density at radius 3 is 2.62 bits per heavy atom. The molecule has 1 amide bonds. The van der Waals surface area contributed by atoms with Gasteiger partial charge >= 0.3 is 5.97 Å². The van der Waals surface area contributed by atoms with Crippen LogP contribution in [0.2, 0.25) is 0 Å². The smallest absolute Gasteiger partial charge is 0.341 e. The second-order valence-corrected chi connectivity index (χ2v) is 6.52. The van der Waals surface area contributed by atoms with E-state index in [2.05, 4.69) is 17.2 Å². The standard InChI is InChI=1S/C17H20N2O4S/c1-11(8-14-10-24-17(19-14)18-12(2)20)7-13-3-5-15(6-4-13)23-9-16(21)22/h3-6,10-11H,7-9H2,1-2H3,(H,21,22)(H,18,19,20). The number of rotatable bonds is 8. The summed E-state index contributed by atoms with van der Waals surface area (Å²) in [6.07, 6.45) is 1.71. The quantitative estimate of drug-likeness (QED) is 0.765. The lowest BCUT2D eigenvalue weighted by Crippen LogP contribution is -2.09. The second-order valence-electron chi connectivity index (χ2n) is 5.66. The van der Waals surface area contributed by atoms with Gasteiger partial charge in [-0.05, 0) is 36.5 Å². The van der Waals surface area contributed by atoms with Crippen LogP contribution in [0.1, 0.15) is 25.1 Å². The number of nitrogens with one attached hydrogen (secondary N) is 1. The summed E-state index contributed by atoms with van der Waals surface area (Å²) in [6.45, 7) is 3.27. The van der Waals surface area contributed by atoms with Crippen LogP contribution < -0.4 is 10.1 Å². The number of carboxylic acid groups (broad SMARTS) is 1. The third kappa shape index (κ3) is 6.00. The Balaban J connectivity index is 1.85. The summed E-state index contributed by atoms with van der Waals surface area (Å²) in [5.41, 5.74) is 2.13. The van der Waals surface area contributed by atoms with Crippen molar-refractivity contribution in [3.63, 3.8) is 0 Å². The molecule has 2 N–H and O–H groups in total. The Bertz CT molecular complexity index is 697. The van der Waals surface area contributed by atoms with Gasteiger partial charge in [0.15, 0.2) is 11.7 Å². The third-order valence-corrected chi connectivity index (χ3v) is 4.07. The van der Waals surface area contributed by atoms with Crippen LogP contribution in [0.15, 0.2) is 29.6 Å². The predicted octanol–water partition coefficient (Wildman–Crippen LogP) is 2.99. The molecule has 0 spiro atoms. The summed E-state index contributed by atoms with van der Waals surface area (Å²) in [6, 6.07) is 7.44. The van der Waals surface area contributed by atoms with Crippen LogP contribution in [0.3, 0.4) is 0 Å². The maximum atomic E-state index is 11.0. The van der Waals surface area contributed by atoms with E-state index >= 15 is 0 Å². The van der Waals surface area contributed by atoms with Crippen molar-refractivity contribution in [2.24, 2.45) is 5.92 Å². The van der Waals surface area contributed by atoms with Crippen LogP contribution in [0.25, 0.3) is 0 Å². The molecule has 1 unspecified atom stereocenters. The average Bonchev–Trinajstić information content (AvgIpc) is 2.92. The molecule has 6 nitrogen and oxygen atoms in total. The Kier molecular flexibility index (Phi) is 6.31. The molecule has 1 atom stereocenters. The van der Waals surface area contributed by atoms with Crippen molar-refractivity contribution in [2.75, 3.05) is 11.9 Å². The Morgan fingerprint density at radius 2 is 2.00 bits per heavy atom. The predicted molar refractivity (Wildman–Crippen MR) is 92.6 cm³/mol. The highest BCUT2D eigenvalue weighted by molar-refractivity contribution is 7.13. The highest BCUT2D eigenvalue weighted by Gasteiger charge is 2.10. The zero-order valence-electron chi connectivity index (χ0n) is 13.6. The first-order valence-corrected chi connectivity index (χ1v) is 8.46. The fourth-order valence-electron chi connectivity index (χ4n) is 2.31. The van der Waals surface area contributed by atoms with Gasteiger partial charge < -0.3 is 15.2 Å². The van der Waals surface area contributed by atoms with Crippen molar-refractivity contribution in [1.29, 1.82) is 0 Å². The average molecular weight is 348 g/mol. The van der Waals surface area contributed by atoms with Crippen molar-refractivity contribution < 1.29 is 19.4 Å². The van der Waals surface area contributed by atoms with E-state index in [1.54, 1.807) is 12.1 Å². The Morgan fingerprint density at radius 1 is 1.29 bits per heavy atom. The van der Waals surface area contributed by atoms with E-state index < -0.39 is 5.97 Å². The fourth-order valence-corrected chi connectivity index (χ4v) is 3.08. The lowest BCUT2D eigenvalue weighted by Gasteiger charge is -2.10. The number of hydrogen-bond acceptors (Lipinski definition) is 5. The number of carbonyl (C=O) groups is 2. The zero-order chi connectivity index (χ0) is 17.5. The van der Waals surface area contributed by atoms with Gasteiger partial charge in [0.2, 0.25) is 5.91 Å². The summed E-state index contributed by atoms with van der Waals surface area (Å²) >= 11 is 1.43. The van der Waals surface area contributed by atoms with Crippen molar-refractivity contribution in [3.05, 3.63) is 40.9 Å². The number of ether oxygens (including phenoxy) is 1. The first kappa shape index (κ1) is 17.9. The van der Waals surface area contributed by atoms with Crippen LogP contribution in [-0.4, -0.2) is 28.6 Å². The molecule has 0 saturated heterocycles. The number of carboxylic acids is 1. The van der Waals surface area contributed by atoms with Crippen molar-refractivity contribution in [3.8, 4) is 5.75 Å². The molecule has 0 radical (unpaired) electrons. The molecule has 1 aromatic carbocycles. The topological polar surface area (TPSA) is 88.5 Å². The minimum absolute atomic E-state index is 0.117. The van der Waals surface area contributed by atoms with Gasteiger partial charge in [-0.15, -0.1) is 11.3 Å². The number of thiazole rings is 1. The van der Waals surface area contributed by atoms with E-state index in [0.29, 0.717) is 16.8 Å². The first-order chi connectivity index (χ1) is 11.4. The van der Waals surface area contributed by atoms with E-state index in [1.165, 1.54) is 18.3 Å². The molecule has 2 rings (SSSR count). The number of anilines is 1. The summed E-state index contributed by atoms with van der Waals surface area (Å²) in [5, 5.41) is 13.9. The first-order valence-electron chi connectivity index (χ1n) is 7.58. The summed E-state index contributed by atoms with van der Waals surface area (Å²) in [4.78, 5) is 25.9. The van der Waals surface area contributed by atoms with E-state index in [9.17, 15) is 9.59 Å². The number of hydrogen-bond donors (Lipinski definition) is 2. The highest BCUT2D eigenvalue weighted by atomic mass is 32.1. The number of aliphatic carboxylic acids is 1. The van der Waals surface area contributed by atoms with Crippen LogP contribution in [0.4, 0.5) is 5.13 Å². The van der Waals surface area contributed by atoms with Gasteiger partial charge in [0.1, 0.15) is 5.75 Å². The molecule has 0 fully saturated rings. The summed E-state index contributed by atoms with van der Waals surface area (Å²) < 4.78 is 5.11. The molecule has 0 aliphatic carbocycles. The van der Waals surface area contributed by atoms with E-state index in [4.69, 9.17) is 9.84 Å². The molecule has 128 valence electrons. The van der Waals surface area contributed by atoms with Gasteiger partial charge in [-0.25, -0.2) is 9.78 Å². The molecular formula is C17H20N2O4S. The molecule has 1 aromatic heterocycles. The molecule has 0 aliphatic rings. The molecule has 7 heteroatoms. The largest absolute Gasteiger partial charge is 0.482 e. The fraction of sp³-hybridized carbons (Fsp3) is 0.353. The Labute approximate surface area is 144 Å². The summed E-state index contributed by atoms with van der Waals surface area (Å²) in [7, 11) is 0. The van der Waals surface area contributed by atoms with Crippen LogP contribution >= 0.6 is 11.3 Å². The molecule has 0 bridgehead atoms. The molecular weight excluding hydrogens is 328 g/mol. The number of carbonyl (C=O) groups excluding carboxylic acids is 1. The summed E-state index contributed by atoms with van der Waals surface area (Å²) in [5.74, 6) is -0.167. The highest BCUT2D eigenvalue weighted by Crippen LogP contribution is 2.21. The van der Waals surface area contributed by atoms with Gasteiger partial charge in [0.05, 0.1) is 5.69 Å². The second kappa shape index (κ2) is 8.44. The lowest BCUT2D eigenvalue weighted by atomic mass is 9.97. The zero-order valence-corrected chi connectivity index (χ0v) is 14.4. The minimum Gasteiger partial charge on any atom is -0.482 e. The van der Waals surface area contributed by atoms with E-state index in [1.807, 2.05) is 17.5 Å². The molecule has 24 heavy (non-hydrogen) atoms. The number of amides is 1. The molecule has 2 aromatic rings. The van der Waals surface area contributed by atoms with Crippen LogP contribution in [0.5, 0.6) is 5.75 Å². The molecule has 1 heterocycles. The van der Waals surface area contributed by atoms with Gasteiger partial charge in [0, 0.05) is 12.3 Å². The van der Waals surface area contributed by atoms with Gasteiger partial charge in [-0.1, -0.05) is 19.1 Å². The maximum Gasteiger partial charge on any atom is 0.341 e. The van der Waals surface area contributed by atoms with Crippen LogP contribution in [-0.2, 0) is 22.4 Å². The van der Waals surface area contributed by atoms with Crippen molar-refractivity contribution in [2.45, 2.75) is 26.7 Å². The Hall–Kier alpha value is -2.41. The lowest BCUT2D eigenvalue weighted by molar-refractivity contribution is -0.139. The van der Waals surface area contributed by atoms with Crippen LogP contribution in [0, 0.1) is 5.92 Å².